The Morgan fingerprint density at radius 1 is 1.30 bits per heavy atom. The maximum Gasteiger partial charge on any atom is 0.433 e. The summed E-state index contributed by atoms with van der Waals surface area (Å²) in [5.74, 6) is 0.153. The highest BCUT2D eigenvalue weighted by molar-refractivity contribution is 5.79. The number of pyridine rings is 1. The van der Waals surface area contributed by atoms with Gasteiger partial charge in [0.1, 0.15) is 5.69 Å². The van der Waals surface area contributed by atoms with Gasteiger partial charge in [0.15, 0.2) is 0 Å². The quantitative estimate of drug-likeness (QED) is 0.791. The molecular formula is C13H14F3N3O. The number of nitrogens with zero attached hydrogens (tertiary/aromatic N) is 3. The first kappa shape index (κ1) is 13.2. The number of hydrogen-bond donors (Lipinski definition) is 0. The summed E-state index contributed by atoms with van der Waals surface area (Å²) in [6, 6.07) is 2.78. The molecule has 4 nitrogen and oxygen atoms in total. The van der Waals surface area contributed by atoms with Crippen LogP contribution in [-0.2, 0) is 11.0 Å². The summed E-state index contributed by atoms with van der Waals surface area (Å²) in [6.07, 6.45) is -1.92. The van der Waals surface area contributed by atoms with Gasteiger partial charge in [-0.1, -0.05) is 0 Å². The Morgan fingerprint density at radius 3 is 2.85 bits per heavy atom. The van der Waals surface area contributed by atoms with Gasteiger partial charge < -0.3 is 9.80 Å². The van der Waals surface area contributed by atoms with Crippen molar-refractivity contribution in [2.24, 2.45) is 0 Å². The van der Waals surface area contributed by atoms with Crippen molar-refractivity contribution in [1.82, 2.24) is 9.88 Å². The standard InChI is InChI=1S/C13H14F3N3O/c14-13(15,16)11-7-9(3-4-17-11)18-5-6-19-10(8-18)1-2-12(19)20/h3-4,7,10H,1-2,5-6,8H2/t10-/m0/s1. The minimum atomic E-state index is -4.43. The molecule has 0 bridgehead atoms. The topological polar surface area (TPSA) is 36.4 Å². The van der Waals surface area contributed by atoms with Gasteiger partial charge in [0.2, 0.25) is 5.91 Å². The van der Waals surface area contributed by atoms with E-state index in [0.717, 1.165) is 12.5 Å². The van der Waals surface area contributed by atoms with E-state index < -0.39 is 11.9 Å². The van der Waals surface area contributed by atoms with Gasteiger partial charge in [-0.05, 0) is 18.6 Å². The maximum atomic E-state index is 12.7. The van der Waals surface area contributed by atoms with Crippen molar-refractivity contribution in [3.63, 3.8) is 0 Å². The predicted molar refractivity (Wildman–Crippen MR) is 66.2 cm³/mol. The molecule has 1 aromatic heterocycles. The van der Waals surface area contributed by atoms with Gasteiger partial charge in [0.05, 0.1) is 0 Å². The predicted octanol–water partition coefficient (Wildman–Crippen LogP) is 1.91. The third-order valence-electron chi connectivity index (χ3n) is 3.89. The highest BCUT2D eigenvalue weighted by atomic mass is 19.4. The SMILES string of the molecule is O=C1CC[C@H]2CN(c3ccnc(C(F)(F)F)c3)CCN12. The van der Waals surface area contributed by atoms with Crippen molar-refractivity contribution >= 4 is 11.6 Å². The summed E-state index contributed by atoms with van der Waals surface area (Å²) < 4.78 is 38.0. The molecule has 0 saturated carbocycles. The van der Waals surface area contributed by atoms with Crippen LogP contribution in [0.2, 0.25) is 0 Å². The van der Waals surface area contributed by atoms with E-state index in [-0.39, 0.29) is 11.9 Å². The number of aromatic nitrogens is 1. The van der Waals surface area contributed by atoms with Gasteiger partial charge in [0.25, 0.3) is 0 Å². The smallest absolute Gasteiger partial charge is 0.368 e. The van der Waals surface area contributed by atoms with Gasteiger partial charge in [-0.2, -0.15) is 13.2 Å². The molecule has 1 amide bonds. The molecule has 108 valence electrons. The van der Waals surface area contributed by atoms with Gasteiger partial charge >= 0.3 is 6.18 Å². The molecule has 20 heavy (non-hydrogen) atoms. The molecule has 0 radical (unpaired) electrons. The van der Waals surface area contributed by atoms with Crippen molar-refractivity contribution < 1.29 is 18.0 Å². The summed E-state index contributed by atoms with van der Waals surface area (Å²) >= 11 is 0. The fourth-order valence-corrected chi connectivity index (χ4v) is 2.87. The number of rotatable bonds is 1. The highest BCUT2D eigenvalue weighted by Crippen LogP contribution is 2.31. The molecule has 7 heteroatoms. The lowest BCUT2D eigenvalue weighted by atomic mass is 10.1. The Balaban J connectivity index is 1.79. The maximum absolute atomic E-state index is 12.7. The second kappa shape index (κ2) is 4.64. The average molecular weight is 285 g/mol. The zero-order valence-corrected chi connectivity index (χ0v) is 10.7. The first-order chi connectivity index (χ1) is 9.45. The van der Waals surface area contributed by atoms with E-state index in [9.17, 15) is 18.0 Å². The van der Waals surface area contributed by atoms with Gasteiger partial charge in [-0.25, -0.2) is 0 Å². The van der Waals surface area contributed by atoms with Gasteiger partial charge in [-0.3, -0.25) is 9.78 Å². The van der Waals surface area contributed by atoms with Crippen molar-refractivity contribution in [3.8, 4) is 0 Å². The lowest BCUT2D eigenvalue weighted by Crippen LogP contribution is -2.51. The second-order valence-corrected chi connectivity index (χ2v) is 5.12. The van der Waals surface area contributed by atoms with Crippen LogP contribution in [-0.4, -0.2) is 41.5 Å². The Bertz CT molecular complexity index is 532. The fourth-order valence-electron chi connectivity index (χ4n) is 2.87. The van der Waals surface area contributed by atoms with E-state index in [0.29, 0.717) is 31.7 Å². The monoisotopic (exact) mass is 285 g/mol. The zero-order valence-electron chi connectivity index (χ0n) is 10.7. The second-order valence-electron chi connectivity index (χ2n) is 5.12. The number of carbonyl (C=O) groups is 1. The summed E-state index contributed by atoms with van der Waals surface area (Å²) in [5.41, 5.74) is -0.355. The summed E-state index contributed by atoms with van der Waals surface area (Å²) in [5, 5.41) is 0. The van der Waals surface area contributed by atoms with Crippen LogP contribution < -0.4 is 4.90 Å². The number of fused-ring (bicyclic) bond motifs is 1. The van der Waals surface area contributed by atoms with Crippen LogP contribution in [0.15, 0.2) is 18.3 Å². The van der Waals surface area contributed by atoms with Crippen LogP contribution in [0.5, 0.6) is 0 Å². The number of hydrogen-bond acceptors (Lipinski definition) is 3. The number of anilines is 1. The van der Waals surface area contributed by atoms with Crippen LogP contribution in [0.1, 0.15) is 18.5 Å². The van der Waals surface area contributed by atoms with E-state index >= 15 is 0 Å². The zero-order chi connectivity index (χ0) is 14.3. The molecule has 2 fully saturated rings. The molecule has 0 spiro atoms. The molecule has 0 unspecified atom stereocenters. The number of amides is 1. The van der Waals surface area contributed by atoms with Crippen LogP contribution in [0, 0.1) is 0 Å². The number of carbonyl (C=O) groups excluding carboxylic acids is 1. The average Bonchev–Trinajstić information content (AvgIpc) is 2.79. The van der Waals surface area contributed by atoms with Crippen LogP contribution in [0.4, 0.5) is 18.9 Å². The van der Waals surface area contributed by atoms with Crippen LogP contribution in [0.25, 0.3) is 0 Å². The van der Waals surface area contributed by atoms with Crippen molar-refractivity contribution in [3.05, 3.63) is 24.0 Å². The molecule has 0 aliphatic carbocycles. The van der Waals surface area contributed by atoms with Crippen molar-refractivity contribution in [2.75, 3.05) is 24.5 Å². The van der Waals surface area contributed by atoms with Crippen molar-refractivity contribution in [1.29, 1.82) is 0 Å². The van der Waals surface area contributed by atoms with Gasteiger partial charge in [0, 0.05) is 44.0 Å². The Hall–Kier alpha value is -1.79. The molecule has 0 N–H and O–H groups in total. The normalized spacial score (nSPS) is 23.1. The molecule has 2 aliphatic heterocycles. The summed E-state index contributed by atoms with van der Waals surface area (Å²) in [6.45, 7) is 1.73. The van der Waals surface area contributed by atoms with E-state index in [1.54, 1.807) is 6.07 Å². The molecule has 1 atom stereocenters. The lowest BCUT2D eigenvalue weighted by molar-refractivity contribution is -0.141. The molecule has 3 heterocycles. The first-order valence-electron chi connectivity index (χ1n) is 6.53. The van der Waals surface area contributed by atoms with E-state index in [1.807, 2.05) is 9.80 Å². The highest BCUT2D eigenvalue weighted by Gasteiger charge is 2.37. The molecular weight excluding hydrogens is 271 g/mol. The Labute approximate surface area is 114 Å². The van der Waals surface area contributed by atoms with Crippen LogP contribution >= 0.6 is 0 Å². The fraction of sp³-hybridized carbons (Fsp3) is 0.538. The third kappa shape index (κ3) is 2.32. The van der Waals surface area contributed by atoms with E-state index in [2.05, 4.69) is 4.98 Å². The van der Waals surface area contributed by atoms with Gasteiger partial charge in [-0.15, -0.1) is 0 Å². The molecule has 1 aromatic rings. The summed E-state index contributed by atoms with van der Waals surface area (Å²) in [4.78, 5) is 18.7. The number of alkyl halides is 3. The summed E-state index contributed by atoms with van der Waals surface area (Å²) in [7, 11) is 0. The number of piperazine rings is 1. The third-order valence-corrected chi connectivity index (χ3v) is 3.89. The largest absolute Gasteiger partial charge is 0.433 e. The number of halogens is 3. The van der Waals surface area contributed by atoms with Crippen LogP contribution in [0.3, 0.4) is 0 Å². The lowest BCUT2D eigenvalue weighted by Gasteiger charge is -2.38. The van der Waals surface area contributed by atoms with E-state index in [4.69, 9.17) is 0 Å². The molecule has 2 aliphatic rings. The minimum Gasteiger partial charge on any atom is -0.368 e. The van der Waals surface area contributed by atoms with Crippen molar-refractivity contribution in [2.45, 2.75) is 25.1 Å². The first-order valence-corrected chi connectivity index (χ1v) is 6.53. The Kier molecular flexibility index (Phi) is 3.07. The molecule has 0 aromatic carbocycles. The Morgan fingerprint density at radius 2 is 2.10 bits per heavy atom. The molecule has 2 saturated heterocycles. The molecule has 3 rings (SSSR count). The minimum absolute atomic E-state index is 0.124. The van der Waals surface area contributed by atoms with E-state index in [1.165, 1.54) is 6.20 Å².